The Morgan fingerprint density at radius 2 is 1.06 bits per heavy atom. The SMILES string of the molecule is O=S(CCCCN=C=S)CCOc1ccccc1-c1ccccc1OCCS(=O)CCCCN=C=S. The van der Waals surface area contributed by atoms with Gasteiger partial charge >= 0.3 is 0 Å². The number of para-hydroxylation sites is 2. The molecule has 0 bridgehead atoms. The zero-order valence-electron chi connectivity index (χ0n) is 20.3. The highest BCUT2D eigenvalue weighted by molar-refractivity contribution is 7.85. The normalized spacial score (nSPS) is 12.1. The number of ether oxygens (including phenoxy) is 2. The van der Waals surface area contributed by atoms with Gasteiger partial charge in [-0.3, -0.25) is 8.42 Å². The van der Waals surface area contributed by atoms with E-state index in [1.807, 2.05) is 48.5 Å². The van der Waals surface area contributed by atoms with Gasteiger partial charge in [0.2, 0.25) is 0 Å². The summed E-state index contributed by atoms with van der Waals surface area (Å²) in [6.07, 6.45) is 3.38. The molecule has 0 radical (unpaired) electrons. The van der Waals surface area contributed by atoms with Crippen molar-refractivity contribution < 1.29 is 17.9 Å². The first-order valence-corrected chi connectivity index (χ1v) is 15.7. The van der Waals surface area contributed by atoms with Gasteiger partial charge in [-0.25, -0.2) is 9.98 Å². The molecule has 0 aliphatic carbocycles. The molecule has 36 heavy (non-hydrogen) atoms. The summed E-state index contributed by atoms with van der Waals surface area (Å²) in [6.45, 7) is 1.98. The van der Waals surface area contributed by atoms with E-state index < -0.39 is 21.6 Å². The summed E-state index contributed by atoms with van der Waals surface area (Å²) in [5.74, 6) is 3.60. The summed E-state index contributed by atoms with van der Waals surface area (Å²) in [5.41, 5.74) is 1.80. The third-order valence-electron chi connectivity index (χ3n) is 5.11. The molecule has 2 atom stereocenters. The fourth-order valence-corrected chi connectivity index (χ4v) is 5.50. The quantitative estimate of drug-likeness (QED) is 0.130. The molecule has 10 heteroatoms. The van der Waals surface area contributed by atoms with Crippen LogP contribution in [0, 0.1) is 0 Å². The Bertz CT molecular complexity index is 998. The van der Waals surface area contributed by atoms with E-state index in [-0.39, 0.29) is 0 Å². The number of unbranched alkanes of at least 4 members (excludes halogenated alkanes) is 2. The lowest BCUT2D eigenvalue weighted by atomic mass is 10.0. The molecule has 0 N–H and O–H groups in total. The average molecular weight is 565 g/mol. The predicted octanol–water partition coefficient (Wildman–Crippen LogP) is 5.37. The van der Waals surface area contributed by atoms with E-state index in [0.717, 1.165) is 36.8 Å². The molecule has 0 amide bonds. The van der Waals surface area contributed by atoms with Crippen LogP contribution in [0.25, 0.3) is 11.1 Å². The second kappa shape index (κ2) is 19.1. The summed E-state index contributed by atoms with van der Waals surface area (Å²) < 4.78 is 36.6. The number of hydrogen-bond acceptors (Lipinski definition) is 8. The Labute approximate surface area is 229 Å². The maximum Gasteiger partial charge on any atom is 0.127 e. The van der Waals surface area contributed by atoms with Crippen LogP contribution < -0.4 is 9.47 Å². The molecule has 0 heterocycles. The molecule has 0 saturated carbocycles. The van der Waals surface area contributed by atoms with Crippen molar-refractivity contribution in [1.82, 2.24) is 0 Å². The molecule has 0 fully saturated rings. The van der Waals surface area contributed by atoms with Crippen LogP contribution in [0.4, 0.5) is 0 Å². The van der Waals surface area contributed by atoms with Crippen molar-refractivity contribution in [3.8, 4) is 22.6 Å². The molecule has 0 aliphatic heterocycles. The number of hydrogen-bond donors (Lipinski definition) is 0. The molecule has 2 aromatic carbocycles. The summed E-state index contributed by atoms with van der Waals surface area (Å²) >= 11 is 9.09. The fourth-order valence-electron chi connectivity index (χ4n) is 3.32. The Morgan fingerprint density at radius 1 is 0.639 bits per heavy atom. The van der Waals surface area contributed by atoms with Gasteiger partial charge in [-0.15, -0.1) is 0 Å². The molecular weight excluding hydrogens is 533 g/mol. The van der Waals surface area contributed by atoms with Crippen molar-refractivity contribution in [2.45, 2.75) is 25.7 Å². The zero-order valence-corrected chi connectivity index (χ0v) is 23.5. The summed E-state index contributed by atoms with van der Waals surface area (Å²) in [4.78, 5) is 7.74. The predicted molar refractivity (Wildman–Crippen MR) is 157 cm³/mol. The van der Waals surface area contributed by atoms with Crippen LogP contribution in [-0.4, -0.2) is 68.1 Å². The van der Waals surface area contributed by atoms with E-state index in [9.17, 15) is 8.42 Å². The second-order valence-electron chi connectivity index (χ2n) is 7.75. The van der Waals surface area contributed by atoms with Crippen molar-refractivity contribution in [3.63, 3.8) is 0 Å². The number of thiocarbonyl (C=S) groups is 2. The van der Waals surface area contributed by atoms with E-state index in [2.05, 4.69) is 44.7 Å². The molecule has 194 valence electrons. The molecule has 2 aromatic rings. The highest BCUT2D eigenvalue weighted by Crippen LogP contribution is 2.36. The number of isothiocyanates is 2. The molecule has 0 spiro atoms. The first kappa shape index (κ1) is 30.2. The minimum absolute atomic E-state index is 0.361. The molecule has 2 unspecified atom stereocenters. The van der Waals surface area contributed by atoms with E-state index in [1.165, 1.54) is 0 Å². The lowest BCUT2D eigenvalue weighted by molar-refractivity contribution is 0.339. The van der Waals surface area contributed by atoms with Gasteiger partial charge in [-0.2, -0.15) is 0 Å². The van der Waals surface area contributed by atoms with Gasteiger partial charge in [0.05, 0.1) is 35.0 Å². The van der Waals surface area contributed by atoms with E-state index in [4.69, 9.17) is 9.47 Å². The summed E-state index contributed by atoms with van der Waals surface area (Å²) in [7, 11) is -1.90. The molecule has 0 aliphatic rings. The van der Waals surface area contributed by atoms with Crippen LogP contribution in [0.3, 0.4) is 0 Å². The van der Waals surface area contributed by atoms with Crippen LogP contribution in [0.5, 0.6) is 11.5 Å². The maximum atomic E-state index is 12.3. The van der Waals surface area contributed by atoms with Crippen LogP contribution in [0.1, 0.15) is 25.7 Å². The third kappa shape index (κ3) is 12.3. The standard InChI is InChI=1S/C26H32N2O4S4/c29-35(17-7-5-13-27-21-33)19-15-31-25-11-3-1-9-23(25)24-10-2-4-12-26(24)32-16-20-36(30)18-8-6-14-28-22-34/h1-4,9-12H,5-8,13-20H2. The van der Waals surface area contributed by atoms with Gasteiger partial charge in [0.15, 0.2) is 0 Å². The van der Waals surface area contributed by atoms with E-state index >= 15 is 0 Å². The van der Waals surface area contributed by atoms with Crippen LogP contribution in [0.2, 0.25) is 0 Å². The largest absolute Gasteiger partial charge is 0.492 e. The molecule has 2 rings (SSSR count). The van der Waals surface area contributed by atoms with Crippen molar-refractivity contribution in [2.75, 3.05) is 49.3 Å². The smallest absolute Gasteiger partial charge is 0.127 e. The summed E-state index contributed by atoms with van der Waals surface area (Å²) in [6, 6.07) is 15.5. The Morgan fingerprint density at radius 3 is 1.47 bits per heavy atom. The van der Waals surface area contributed by atoms with Gasteiger partial charge in [-0.05, 0) is 62.3 Å². The summed E-state index contributed by atoms with van der Waals surface area (Å²) in [5, 5.41) is 4.68. The van der Waals surface area contributed by atoms with Gasteiger partial charge < -0.3 is 9.47 Å². The van der Waals surface area contributed by atoms with Crippen LogP contribution in [-0.2, 0) is 21.6 Å². The minimum Gasteiger partial charge on any atom is -0.492 e. The second-order valence-corrected chi connectivity index (χ2v) is 11.5. The highest BCUT2D eigenvalue weighted by Gasteiger charge is 2.12. The first-order valence-electron chi connectivity index (χ1n) is 11.9. The van der Waals surface area contributed by atoms with Gasteiger partial charge in [-0.1, -0.05) is 36.4 Å². The van der Waals surface area contributed by atoms with E-state index in [1.54, 1.807) is 0 Å². The van der Waals surface area contributed by atoms with Gasteiger partial charge in [0.25, 0.3) is 0 Å². The topological polar surface area (TPSA) is 77.3 Å². The Kier molecular flexibility index (Phi) is 16.0. The van der Waals surface area contributed by atoms with Gasteiger partial charge in [0.1, 0.15) is 11.5 Å². The number of rotatable bonds is 19. The van der Waals surface area contributed by atoms with E-state index in [0.29, 0.717) is 60.8 Å². The van der Waals surface area contributed by atoms with Crippen molar-refractivity contribution in [1.29, 1.82) is 0 Å². The van der Waals surface area contributed by atoms with Crippen molar-refractivity contribution in [3.05, 3.63) is 48.5 Å². The zero-order chi connectivity index (χ0) is 25.8. The third-order valence-corrected chi connectivity index (χ3v) is 8.10. The number of aliphatic imine (C=N–C) groups is 2. The molecule has 6 nitrogen and oxygen atoms in total. The molecular formula is C26H32N2O4S4. The average Bonchev–Trinajstić information content (AvgIpc) is 2.89. The monoisotopic (exact) mass is 564 g/mol. The lowest BCUT2D eigenvalue weighted by Crippen LogP contribution is -2.12. The fraction of sp³-hybridized carbons (Fsp3) is 0.462. The van der Waals surface area contributed by atoms with Crippen LogP contribution in [0.15, 0.2) is 58.5 Å². The first-order chi connectivity index (χ1) is 17.7. The van der Waals surface area contributed by atoms with Crippen molar-refractivity contribution >= 4 is 56.4 Å². The number of nitrogens with zero attached hydrogens (tertiary/aromatic N) is 2. The van der Waals surface area contributed by atoms with Crippen LogP contribution >= 0.6 is 24.4 Å². The Hall–Kier alpha value is -2.06. The van der Waals surface area contributed by atoms with Gasteiger partial charge in [0, 0.05) is 57.3 Å². The minimum atomic E-state index is -0.948. The van der Waals surface area contributed by atoms with Crippen molar-refractivity contribution in [2.24, 2.45) is 9.98 Å². The molecule has 0 aromatic heterocycles. The maximum absolute atomic E-state index is 12.3. The Balaban J connectivity index is 1.88. The lowest BCUT2D eigenvalue weighted by Gasteiger charge is -2.15. The number of benzene rings is 2. The molecule has 0 saturated heterocycles. The highest BCUT2D eigenvalue weighted by atomic mass is 32.2.